The van der Waals surface area contributed by atoms with Crippen LogP contribution in [0.2, 0.25) is 0 Å². The number of carbonyl (C=O) groups is 1. The molecule has 0 spiro atoms. The van der Waals surface area contributed by atoms with Crippen LogP contribution in [-0.4, -0.2) is 30.1 Å². The molecule has 4 rings (SSSR count). The van der Waals surface area contributed by atoms with Crippen molar-refractivity contribution >= 4 is 28.4 Å². The molecule has 0 bridgehead atoms. The number of nitrogens with zero attached hydrogens (tertiary/aromatic N) is 3. The van der Waals surface area contributed by atoms with E-state index in [9.17, 15) is 18.0 Å². The molecule has 6 nitrogen and oxygen atoms in total. The quantitative estimate of drug-likeness (QED) is 0.452. The minimum absolute atomic E-state index is 0.123. The first-order valence-electron chi connectivity index (χ1n) is 9.67. The van der Waals surface area contributed by atoms with Crippen LogP contribution in [0.5, 0.6) is 0 Å². The number of amides is 1. The number of anilines is 2. The number of carbonyl (C=O) groups excluding carboxylic acids is 1. The van der Waals surface area contributed by atoms with Gasteiger partial charge in [-0.1, -0.05) is 35.5 Å². The van der Waals surface area contributed by atoms with Crippen LogP contribution >= 0.6 is 0 Å². The van der Waals surface area contributed by atoms with Crippen molar-refractivity contribution in [3.05, 3.63) is 71.4 Å². The number of aryl methyl sites for hydroxylation is 1. The lowest BCUT2D eigenvalue weighted by Crippen LogP contribution is -2.18. The minimum Gasteiger partial charge on any atom is -0.378 e. The predicted octanol–water partition coefficient (Wildman–Crippen LogP) is 5.54. The van der Waals surface area contributed by atoms with E-state index in [2.05, 4.69) is 15.5 Å². The SMILES string of the molecule is Cc1noc2nc(-c3ccccc3)cc(C(=O)Nc3ccc(N(C)C)cc3C(F)(F)F)c12. The summed E-state index contributed by atoms with van der Waals surface area (Å²) in [5, 5.41) is 6.63. The second kappa shape index (κ2) is 7.99. The molecule has 4 aromatic rings. The van der Waals surface area contributed by atoms with Gasteiger partial charge in [-0.2, -0.15) is 13.2 Å². The lowest BCUT2D eigenvalue weighted by molar-refractivity contribution is -0.136. The largest absolute Gasteiger partial charge is 0.418 e. The van der Waals surface area contributed by atoms with Gasteiger partial charge in [0.15, 0.2) is 0 Å². The van der Waals surface area contributed by atoms with Gasteiger partial charge < -0.3 is 14.7 Å². The molecule has 0 aliphatic carbocycles. The van der Waals surface area contributed by atoms with Crippen molar-refractivity contribution < 1.29 is 22.5 Å². The molecular weight excluding hydrogens is 421 g/mol. The fourth-order valence-electron chi connectivity index (χ4n) is 3.37. The molecule has 1 amide bonds. The first-order valence-corrected chi connectivity index (χ1v) is 9.67. The third kappa shape index (κ3) is 4.01. The van der Waals surface area contributed by atoms with E-state index in [1.807, 2.05) is 18.2 Å². The Balaban J connectivity index is 1.81. The Morgan fingerprint density at radius 2 is 1.78 bits per heavy atom. The first-order chi connectivity index (χ1) is 15.1. The van der Waals surface area contributed by atoms with Gasteiger partial charge in [-0.05, 0) is 31.2 Å². The summed E-state index contributed by atoms with van der Waals surface area (Å²) in [7, 11) is 3.28. The van der Waals surface area contributed by atoms with Crippen LogP contribution in [0.15, 0.2) is 59.1 Å². The number of hydrogen-bond donors (Lipinski definition) is 1. The number of pyridine rings is 1. The maximum Gasteiger partial charge on any atom is 0.418 e. The van der Waals surface area contributed by atoms with E-state index in [-0.39, 0.29) is 17.0 Å². The van der Waals surface area contributed by atoms with Crippen LogP contribution in [0.3, 0.4) is 0 Å². The fraction of sp³-hybridized carbons (Fsp3) is 0.174. The van der Waals surface area contributed by atoms with Gasteiger partial charge in [-0.3, -0.25) is 4.79 Å². The second-order valence-electron chi connectivity index (χ2n) is 7.45. The van der Waals surface area contributed by atoms with Gasteiger partial charge in [0.2, 0.25) is 0 Å². The Hall–Kier alpha value is -3.88. The number of alkyl halides is 3. The molecule has 0 radical (unpaired) electrons. The van der Waals surface area contributed by atoms with Crippen molar-refractivity contribution in [1.29, 1.82) is 0 Å². The maximum atomic E-state index is 13.7. The second-order valence-corrected chi connectivity index (χ2v) is 7.45. The molecule has 2 aromatic carbocycles. The number of fused-ring (bicyclic) bond motifs is 1. The minimum atomic E-state index is -4.65. The highest BCUT2D eigenvalue weighted by Crippen LogP contribution is 2.37. The van der Waals surface area contributed by atoms with Crippen LogP contribution in [-0.2, 0) is 6.18 Å². The smallest absolute Gasteiger partial charge is 0.378 e. The molecule has 164 valence electrons. The molecule has 0 aliphatic rings. The van der Waals surface area contributed by atoms with E-state index in [1.54, 1.807) is 38.1 Å². The highest BCUT2D eigenvalue weighted by molar-refractivity contribution is 6.13. The average molecular weight is 440 g/mol. The van der Waals surface area contributed by atoms with E-state index < -0.39 is 17.6 Å². The molecule has 0 saturated carbocycles. The Kier molecular flexibility index (Phi) is 5.33. The van der Waals surface area contributed by atoms with E-state index in [4.69, 9.17) is 4.52 Å². The number of rotatable bonds is 4. The maximum absolute atomic E-state index is 13.7. The van der Waals surface area contributed by atoms with E-state index in [0.29, 0.717) is 22.5 Å². The van der Waals surface area contributed by atoms with Gasteiger partial charge in [-0.25, -0.2) is 4.98 Å². The molecule has 9 heteroatoms. The summed E-state index contributed by atoms with van der Waals surface area (Å²) < 4.78 is 46.3. The lowest BCUT2D eigenvalue weighted by atomic mass is 10.0. The molecule has 0 fully saturated rings. The van der Waals surface area contributed by atoms with Crippen LogP contribution in [0, 0.1) is 6.92 Å². The molecule has 1 N–H and O–H groups in total. The normalized spacial score (nSPS) is 11.6. The van der Waals surface area contributed by atoms with Crippen molar-refractivity contribution in [2.24, 2.45) is 0 Å². The predicted molar refractivity (Wildman–Crippen MR) is 116 cm³/mol. The molecule has 32 heavy (non-hydrogen) atoms. The Labute approximate surface area is 181 Å². The zero-order valence-electron chi connectivity index (χ0n) is 17.5. The molecule has 0 saturated heterocycles. The zero-order valence-corrected chi connectivity index (χ0v) is 17.5. The molecule has 2 heterocycles. The van der Waals surface area contributed by atoms with Crippen LogP contribution < -0.4 is 10.2 Å². The van der Waals surface area contributed by atoms with Crippen molar-refractivity contribution in [3.63, 3.8) is 0 Å². The summed E-state index contributed by atoms with van der Waals surface area (Å²) in [5.74, 6) is -0.719. The molecule has 2 aromatic heterocycles. The summed E-state index contributed by atoms with van der Waals surface area (Å²) in [4.78, 5) is 19.1. The Morgan fingerprint density at radius 3 is 2.44 bits per heavy atom. The third-order valence-electron chi connectivity index (χ3n) is 5.00. The van der Waals surface area contributed by atoms with Crippen molar-refractivity contribution in [2.45, 2.75) is 13.1 Å². The molecular formula is C23H19F3N4O2. The van der Waals surface area contributed by atoms with Gasteiger partial charge in [-0.15, -0.1) is 0 Å². The van der Waals surface area contributed by atoms with Crippen molar-refractivity contribution in [3.8, 4) is 11.3 Å². The summed E-state index contributed by atoms with van der Waals surface area (Å²) in [6, 6.07) is 14.4. The number of hydrogen-bond acceptors (Lipinski definition) is 5. The van der Waals surface area contributed by atoms with E-state index >= 15 is 0 Å². The van der Waals surface area contributed by atoms with Gasteiger partial charge in [0.05, 0.1) is 33.6 Å². The topological polar surface area (TPSA) is 71.3 Å². The standard InChI is InChI=1S/C23H19F3N4O2/c1-13-20-16(12-19(28-22(20)32-29-13)14-7-5-4-6-8-14)21(31)27-18-10-9-15(30(2)3)11-17(18)23(24,25)26/h4-12H,1-3H3,(H,27,31). The zero-order chi connectivity index (χ0) is 23.0. The fourth-order valence-corrected chi connectivity index (χ4v) is 3.37. The molecule has 0 atom stereocenters. The van der Waals surface area contributed by atoms with Gasteiger partial charge in [0.1, 0.15) is 0 Å². The summed E-state index contributed by atoms with van der Waals surface area (Å²) in [6.45, 7) is 1.64. The lowest BCUT2D eigenvalue weighted by Gasteiger charge is -2.19. The molecule has 0 aliphatic heterocycles. The highest BCUT2D eigenvalue weighted by atomic mass is 19.4. The number of halogens is 3. The number of benzene rings is 2. The summed E-state index contributed by atoms with van der Waals surface area (Å²) >= 11 is 0. The number of nitrogens with one attached hydrogen (secondary N) is 1. The van der Waals surface area contributed by atoms with Gasteiger partial charge in [0, 0.05) is 25.3 Å². The summed E-state index contributed by atoms with van der Waals surface area (Å²) in [5.41, 5.74) is 0.924. The Bertz CT molecular complexity index is 1300. The number of aromatic nitrogens is 2. The Morgan fingerprint density at radius 1 is 1.06 bits per heavy atom. The monoisotopic (exact) mass is 440 g/mol. The third-order valence-corrected chi connectivity index (χ3v) is 5.00. The van der Waals surface area contributed by atoms with Gasteiger partial charge >= 0.3 is 6.18 Å². The average Bonchev–Trinajstić information content (AvgIpc) is 3.14. The van der Waals surface area contributed by atoms with Crippen LogP contribution in [0.25, 0.3) is 22.4 Å². The van der Waals surface area contributed by atoms with Crippen molar-refractivity contribution in [2.75, 3.05) is 24.3 Å². The van der Waals surface area contributed by atoms with Crippen molar-refractivity contribution in [1.82, 2.24) is 10.1 Å². The molecule has 0 unspecified atom stereocenters. The summed E-state index contributed by atoms with van der Waals surface area (Å²) in [6.07, 6.45) is -4.65. The van der Waals surface area contributed by atoms with Gasteiger partial charge in [0.25, 0.3) is 11.6 Å². The van der Waals surface area contributed by atoms with E-state index in [0.717, 1.165) is 11.6 Å². The van der Waals surface area contributed by atoms with Crippen LogP contribution in [0.4, 0.5) is 24.5 Å². The van der Waals surface area contributed by atoms with Crippen LogP contribution in [0.1, 0.15) is 21.6 Å². The highest BCUT2D eigenvalue weighted by Gasteiger charge is 2.35. The van der Waals surface area contributed by atoms with E-state index in [1.165, 1.54) is 18.2 Å². The first kappa shape index (κ1) is 21.4.